The summed E-state index contributed by atoms with van der Waals surface area (Å²) in [7, 11) is 0. The Labute approximate surface area is 125 Å². The van der Waals surface area contributed by atoms with Gasteiger partial charge in [-0.2, -0.15) is 0 Å². The van der Waals surface area contributed by atoms with Crippen molar-refractivity contribution in [2.45, 2.75) is 33.1 Å². The van der Waals surface area contributed by atoms with Crippen LogP contribution >= 0.6 is 0 Å². The van der Waals surface area contributed by atoms with Crippen LogP contribution in [0.2, 0.25) is 0 Å². The first-order valence-corrected chi connectivity index (χ1v) is 7.53. The van der Waals surface area contributed by atoms with Crippen molar-refractivity contribution in [3.05, 3.63) is 29.3 Å². The van der Waals surface area contributed by atoms with E-state index in [2.05, 4.69) is 17.6 Å². The first-order chi connectivity index (χ1) is 10.1. The number of carbonyl (C=O) groups is 2. The molecule has 2 N–H and O–H groups in total. The number of amides is 3. The normalized spacial score (nSPS) is 14.1. The number of benzene rings is 1. The van der Waals surface area contributed by atoms with Gasteiger partial charge in [0.1, 0.15) is 0 Å². The fraction of sp³-hybridized carbons (Fsp3) is 0.500. The standard InChI is InChI=1S/C16H23N3O2/c1-3-13-8-6-7-12(2)15(13)18-16(21)17-11-14(20)19-9-4-5-10-19/h6-8H,3-5,9-11H2,1-2H3,(H2,17,18,21). The van der Waals surface area contributed by atoms with Crippen molar-refractivity contribution >= 4 is 17.6 Å². The summed E-state index contributed by atoms with van der Waals surface area (Å²) >= 11 is 0. The van der Waals surface area contributed by atoms with E-state index >= 15 is 0 Å². The van der Waals surface area contributed by atoms with Crippen molar-refractivity contribution in [1.82, 2.24) is 10.2 Å². The van der Waals surface area contributed by atoms with E-state index in [9.17, 15) is 9.59 Å². The summed E-state index contributed by atoms with van der Waals surface area (Å²) in [6.07, 6.45) is 2.96. The number of anilines is 1. The lowest BCUT2D eigenvalue weighted by Gasteiger charge is -2.17. The molecule has 1 aliphatic heterocycles. The van der Waals surface area contributed by atoms with Crippen molar-refractivity contribution in [2.24, 2.45) is 0 Å². The summed E-state index contributed by atoms with van der Waals surface area (Å²) in [5.41, 5.74) is 2.96. The van der Waals surface area contributed by atoms with Crippen LogP contribution in [0.25, 0.3) is 0 Å². The molecule has 0 aromatic heterocycles. The molecule has 0 bridgehead atoms. The first-order valence-electron chi connectivity index (χ1n) is 7.53. The monoisotopic (exact) mass is 289 g/mol. The number of hydrogen-bond acceptors (Lipinski definition) is 2. The highest BCUT2D eigenvalue weighted by molar-refractivity contribution is 5.93. The molecule has 1 aromatic rings. The average Bonchev–Trinajstić information content (AvgIpc) is 3.01. The Balaban J connectivity index is 1.88. The number of aryl methyl sites for hydroxylation is 2. The number of nitrogens with one attached hydrogen (secondary N) is 2. The Bertz CT molecular complexity index is 522. The van der Waals surface area contributed by atoms with Crippen molar-refractivity contribution in [1.29, 1.82) is 0 Å². The van der Waals surface area contributed by atoms with Gasteiger partial charge < -0.3 is 15.5 Å². The number of rotatable bonds is 4. The van der Waals surface area contributed by atoms with Crippen LogP contribution in [0.4, 0.5) is 10.5 Å². The molecule has 5 nitrogen and oxygen atoms in total. The van der Waals surface area contributed by atoms with Gasteiger partial charge in [0.15, 0.2) is 0 Å². The Morgan fingerprint density at radius 3 is 2.62 bits per heavy atom. The highest BCUT2D eigenvalue weighted by Crippen LogP contribution is 2.20. The third-order valence-corrected chi connectivity index (χ3v) is 3.84. The molecule has 0 radical (unpaired) electrons. The maximum absolute atomic E-state index is 12.0. The molecule has 1 aromatic carbocycles. The summed E-state index contributed by atoms with van der Waals surface area (Å²) in [5, 5.41) is 5.50. The summed E-state index contributed by atoms with van der Waals surface area (Å²) in [5.74, 6) is -0.0110. The van der Waals surface area contributed by atoms with Gasteiger partial charge in [-0.25, -0.2) is 4.79 Å². The van der Waals surface area contributed by atoms with Crippen LogP contribution in [-0.2, 0) is 11.2 Å². The molecule has 1 aliphatic rings. The largest absolute Gasteiger partial charge is 0.341 e. The van der Waals surface area contributed by atoms with E-state index in [0.717, 1.165) is 49.2 Å². The van der Waals surface area contributed by atoms with E-state index in [-0.39, 0.29) is 18.5 Å². The Morgan fingerprint density at radius 2 is 1.95 bits per heavy atom. The molecule has 5 heteroatoms. The van der Waals surface area contributed by atoms with Crippen LogP contribution in [-0.4, -0.2) is 36.5 Å². The minimum absolute atomic E-state index is 0.0110. The van der Waals surface area contributed by atoms with Crippen molar-refractivity contribution in [2.75, 3.05) is 25.0 Å². The van der Waals surface area contributed by atoms with Gasteiger partial charge in [-0.15, -0.1) is 0 Å². The zero-order valence-electron chi connectivity index (χ0n) is 12.7. The molecule has 0 saturated carbocycles. The molecule has 114 valence electrons. The second-order valence-electron chi connectivity index (χ2n) is 5.36. The van der Waals surface area contributed by atoms with Gasteiger partial charge in [-0.1, -0.05) is 25.1 Å². The summed E-state index contributed by atoms with van der Waals surface area (Å²) in [6.45, 7) is 5.68. The fourth-order valence-corrected chi connectivity index (χ4v) is 2.59. The van der Waals surface area contributed by atoms with Crippen LogP contribution in [0.3, 0.4) is 0 Å². The number of hydrogen-bond donors (Lipinski definition) is 2. The van der Waals surface area contributed by atoms with Gasteiger partial charge in [-0.05, 0) is 37.3 Å². The lowest BCUT2D eigenvalue weighted by atomic mass is 10.1. The van der Waals surface area contributed by atoms with E-state index in [4.69, 9.17) is 0 Å². The molecule has 2 rings (SSSR count). The Kier molecular flexibility index (Phi) is 5.20. The van der Waals surface area contributed by atoms with E-state index in [1.54, 1.807) is 4.90 Å². The third-order valence-electron chi connectivity index (χ3n) is 3.84. The summed E-state index contributed by atoms with van der Waals surface area (Å²) in [6, 6.07) is 5.61. The zero-order valence-corrected chi connectivity index (χ0v) is 12.7. The zero-order chi connectivity index (χ0) is 15.2. The number of carbonyl (C=O) groups excluding carboxylic acids is 2. The molecule has 0 atom stereocenters. The molecule has 21 heavy (non-hydrogen) atoms. The van der Waals surface area contributed by atoms with E-state index in [1.165, 1.54) is 0 Å². The Hall–Kier alpha value is -2.04. The quantitative estimate of drug-likeness (QED) is 0.893. The van der Waals surface area contributed by atoms with Crippen LogP contribution in [0, 0.1) is 6.92 Å². The third kappa shape index (κ3) is 3.97. The maximum Gasteiger partial charge on any atom is 0.319 e. The van der Waals surface area contributed by atoms with Crippen LogP contribution in [0.5, 0.6) is 0 Å². The van der Waals surface area contributed by atoms with Gasteiger partial charge in [0.05, 0.1) is 6.54 Å². The topological polar surface area (TPSA) is 61.4 Å². The molecule has 0 aliphatic carbocycles. The lowest BCUT2D eigenvalue weighted by molar-refractivity contribution is -0.128. The molecular formula is C16H23N3O2. The van der Waals surface area contributed by atoms with E-state index in [0.29, 0.717) is 0 Å². The second-order valence-corrected chi connectivity index (χ2v) is 5.36. The minimum atomic E-state index is -0.327. The smallest absolute Gasteiger partial charge is 0.319 e. The second kappa shape index (κ2) is 7.11. The molecule has 1 saturated heterocycles. The first kappa shape index (κ1) is 15.4. The number of nitrogens with zero attached hydrogens (tertiary/aromatic N) is 1. The van der Waals surface area contributed by atoms with Crippen molar-refractivity contribution in [3.63, 3.8) is 0 Å². The molecule has 0 unspecified atom stereocenters. The van der Waals surface area contributed by atoms with Crippen LogP contribution in [0.1, 0.15) is 30.9 Å². The number of likely N-dealkylation sites (tertiary alicyclic amines) is 1. The highest BCUT2D eigenvalue weighted by Gasteiger charge is 2.18. The highest BCUT2D eigenvalue weighted by atomic mass is 16.2. The molecule has 3 amide bonds. The minimum Gasteiger partial charge on any atom is -0.341 e. The molecular weight excluding hydrogens is 266 g/mol. The number of urea groups is 1. The Morgan fingerprint density at radius 1 is 1.24 bits per heavy atom. The maximum atomic E-state index is 12.0. The van der Waals surface area contributed by atoms with Crippen molar-refractivity contribution < 1.29 is 9.59 Å². The molecule has 1 fully saturated rings. The van der Waals surface area contributed by atoms with Crippen LogP contribution in [0.15, 0.2) is 18.2 Å². The number of para-hydroxylation sites is 1. The fourth-order valence-electron chi connectivity index (χ4n) is 2.59. The van der Waals surface area contributed by atoms with E-state index < -0.39 is 0 Å². The predicted octanol–water partition coefficient (Wildman–Crippen LogP) is 2.30. The summed E-state index contributed by atoms with van der Waals surface area (Å²) in [4.78, 5) is 25.6. The molecule has 1 heterocycles. The predicted molar refractivity (Wildman–Crippen MR) is 83.4 cm³/mol. The van der Waals surface area contributed by atoms with Gasteiger partial charge in [-0.3, -0.25) is 4.79 Å². The lowest BCUT2D eigenvalue weighted by Crippen LogP contribution is -2.40. The van der Waals surface area contributed by atoms with Gasteiger partial charge >= 0.3 is 6.03 Å². The van der Waals surface area contributed by atoms with Gasteiger partial charge in [0, 0.05) is 18.8 Å². The SMILES string of the molecule is CCc1cccc(C)c1NC(=O)NCC(=O)N1CCCC1. The van der Waals surface area contributed by atoms with Gasteiger partial charge in [0.25, 0.3) is 0 Å². The van der Waals surface area contributed by atoms with Crippen LogP contribution < -0.4 is 10.6 Å². The molecule has 0 spiro atoms. The average molecular weight is 289 g/mol. The van der Waals surface area contributed by atoms with Crippen molar-refractivity contribution in [3.8, 4) is 0 Å². The van der Waals surface area contributed by atoms with E-state index in [1.807, 2.05) is 25.1 Å². The van der Waals surface area contributed by atoms with Gasteiger partial charge in [0.2, 0.25) is 5.91 Å². The summed E-state index contributed by atoms with van der Waals surface area (Å²) < 4.78 is 0.